The molecule has 0 aliphatic rings. The number of H-pyrrole nitrogens is 1. The Morgan fingerprint density at radius 3 is 2.71 bits per heavy atom. The van der Waals surface area contributed by atoms with Crippen molar-refractivity contribution < 1.29 is 5.11 Å². The molecule has 0 aromatic carbocycles. The molecule has 1 N–H and O–H groups in total. The van der Waals surface area contributed by atoms with E-state index in [0.717, 1.165) is 0 Å². The van der Waals surface area contributed by atoms with Crippen molar-refractivity contribution in [1.82, 2.24) is 10.2 Å². The molecule has 1 aromatic heterocycles. The third kappa shape index (κ3) is 0.559. The van der Waals surface area contributed by atoms with E-state index in [2.05, 4.69) is 10.2 Å². The van der Waals surface area contributed by atoms with Gasteiger partial charge in [0.15, 0.2) is 0 Å². The summed E-state index contributed by atoms with van der Waals surface area (Å²) in [7, 11) is 0. The van der Waals surface area contributed by atoms with Crippen molar-refractivity contribution in [2.24, 2.45) is 0 Å². The van der Waals surface area contributed by atoms with Crippen LogP contribution in [0.4, 0.5) is 0 Å². The van der Waals surface area contributed by atoms with Gasteiger partial charge in [0.2, 0.25) is 0 Å². The van der Waals surface area contributed by atoms with E-state index in [1.54, 1.807) is 13.1 Å². The van der Waals surface area contributed by atoms with Crippen LogP contribution in [0.25, 0.3) is 0 Å². The molecule has 0 bridgehead atoms. The first kappa shape index (κ1) is 4.18. The van der Waals surface area contributed by atoms with Crippen LogP contribution in [0.15, 0.2) is 6.20 Å². The second-order valence-corrected chi connectivity index (χ2v) is 1.37. The molecule has 0 unspecified atom stereocenters. The number of nitrogens with zero attached hydrogens (tertiary/aromatic N) is 1. The number of aromatic amines is 1. The fraction of sp³-hybridized carbons (Fsp3) is 0.250. The zero-order chi connectivity index (χ0) is 5.28. The molecule has 1 aromatic rings. The van der Waals surface area contributed by atoms with Crippen LogP contribution in [0.1, 0.15) is 5.56 Å². The van der Waals surface area contributed by atoms with Crippen LogP contribution in [0.5, 0.6) is 5.88 Å². The summed E-state index contributed by atoms with van der Waals surface area (Å²) in [5, 5.41) is 16.0. The summed E-state index contributed by atoms with van der Waals surface area (Å²) in [5.74, 6) is -0.167. The van der Waals surface area contributed by atoms with Crippen LogP contribution in [0.2, 0.25) is 0 Å². The first-order valence-corrected chi connectivity index (χ1v) is 1.98. The lowest BCUT2D eigenvalue weighted by atomic mass is 10.4. The summed E-state index contributed by atoms with van der Waals surface area (Å²) < 4.78 is 0. The van der Waals surface area contributed by atoms with E-state index < -0.39 is 0 Å². The maximum absolute atomic E-state index is 10.3. The average molecular weight is 97.1 g/mol. The van der Waals surface area contributed by atoms with E-state index in [1.165, 1.54) is 0 Å². The highest BCUT2D eigenvalue weighted by molar-refractivity contribution is 5.17. The second kappa shape index (κ2) is 1.26. The van der Waals surface area contributed by atoms with Crippen LogP contribution in [0.3, 0.4) is 0 Å². The van der Waals surface area contributed by atoms with Gasteiger partial charge in [0.05, 0.1) is 0 Å². The Morgan fingerprint density at radius 1 is 1.86 bits per heavy atom. The topological polar surface area (TPSA) is 48.6 Å². The van der Waals surface area contributed by atoms with Crippen molar-refractivity contribution in [3.8, 4) is 5.88 Å². The summed E-state index contributed by atoms with van der Waals surface area (Å²) in [6, 6.07) is 0. The summed E-state index contributed by atoms with van der Waals surface area (Å²) >= 11 is 0. The molecule has 0 atom stereocenters. The molecule has 0 aliphatic heterocycles. The minimum atomic E-state index is -0.167. The molecular formula is C4H5N2O. The van der Waals surface area contributed by atoms with Crippen LogP contribution in [0, 0.1) is 6.92 Å². The van der Waals surface area contributed by atoms with Gasteiger partial charge in [0.1, 0.15) is 0 Å². The standard InChI is InChI=1S/C4H5N2O/c1-3-2-5-6-4(3)7/h2H,1H3,(H,5,6). The molecule has 0 amide bonds. The van der Waals surface area contributed by atoms with E-state index in [4.69, 9.17) is 0 Å². The molecular weight excluding hydrogens is 92.1 g/mol. The van der Waals surface area contributed by atoms with Gasteiger partial charge in [-0.05, 0) is 6.92 Å². The minimum absolute atomic E-state index is 0.167. The maximum Gasteiger partial charge on any atom is 0.290 e. The lowest BCUT2D eigenvalue weighted by Crippen LogP contribution is -1.60. The number of hydrogen-bond donors (Lipinski definition) is 1. The SMILES string of the molecule is Cc1c[nH]nc1[O]. The van der Waals surface area contributed by atoms with Gasteiger partial charge in [-0.15, -0.1) is 5.10 Å². The average Bonchev–Trinajstić information content (AvgIpc) is 1.91. The predicted molar refractivity (Wildman–Crippen MR) is 23.5 cm³/mol. The summed E-state index contributed by atoms with van der Waals surface area (Å²) in [5.41, 5.74) is 0.667. The lowest BCUT2D eigenvalue weighted by molar-refractivity contribution is 0.334. The van der Waals surface area contributed by atoms with Crippen molar-refractivity contribution in [2.45, 2.75) is 6.92 Å². The van der Waals surface area contributed by atoms with E-state index >= 15 is 0 Å². The molecule has 3 heteroatoms. The number of hydrogen-bond acceptors (Lipinski definition) is 1. The van der Waals surface area contributed by atoms with Crippen molar-refractivity contribution in [1.29, 1.82) is 0 Å². The molecule has 0 fully saturated rings. The van der Waals surface area contributed by atoms with Gasteiger partial charge < -0.3 is 0 Å². The normalized spacial score (nSPS) is 9.29. The molecule has 0 saturated heterocycles. The Balaban J connectivity index is 3.12. The smallest absolute Gasteiger partial charge is 0.282 e. The van der Waals surface area contributed by atoms with E-state index in [0.29, 0.717) is 5.56 Å². The zero-order valence-electron chi connectivity index (χ0n) is 3.93. The zero-order valence-corrected chi connectivity index (χ0v) is 3.93. The van der Waals surface area contributed by atoms with Crippen LogP contribution >= 0.6 is 0 Å². The van der Waals surface area contributed by atoms with Crippen molar-refractivity contribution in [3.05, 3.63) is 11.8 Å². The third-order valence-electron chi connectivity index (χ3n) is 0.784. The Bertz CT molecular complexity index is 142. The fourth-order valence-corrected chi connectivity index (χ4v) is 0.338. The van der Waals surface area contributed by atoms with Crippen LogP contribution in [-0.2, 0) is 5.11 Å². The monoisotopic (exact) mass is 97.0 g/mol. The van der Waals surface area contributed by atoms with Gasteiger partial charge in [-0.3, -0.25) is 10.2 Å². The molecule has 37 valence electrons. The molecule has 3 nitrogen and oxygen atoms in total. The lowest BCUT2D eigenvalue weighted by Gasteiger charge is -1.70. The van der Waals surface area contributed by atoms with E-state index in [-0.39, 0.29) is 5.88 Å². The number of aryl methyl sites for hydroxylation is 1. The molecule has 1 radical (unpaired) electrons. The Kier molecular flexibility index (Phi) is 0.749. The minimum Gasteiger partial charge on any atom is -0.282 e. The molecule has 1 rings (SSSR count). The highest BCUT2D eigenvalue weighted by Gasteiger charge is 1.95. The van der Waals surface area contributed by atoms with Gasteiger partial charge >= 0.3 is 0 Å². The van der Waals surface area contributed by atoms with Gasteiger partial charge in [-0.25, -0.2) is 0 Å². The molecule has 7 heavy (non-hydrogen) atoms. The summed E-state index contributed by atoms with van der Waals surface area (Å²) in [6.45, 7) is 1.71. The van der Waals surface area contributed by atoms with Crippen molar-refractivity contribution in [2.75, 3.05) is 0 Å². The second-order valence-electron chi connectivity index (χ2n) is 1.37. The number of aromatic nitrogens is 2. The first-order chi connectivity index (χ1) is 3.30. The summed E-state index contributed by atoms with van der Waals surface area (Å²) in [4.78, 5) is 0. The Morgan fingerprint density at radius 2 is 2.57 bits per heavy atom. The van der Waals surface area contributed by atoms with Gasteiger partial charge in [0.25, 0.3) is 5.88 Å². The molecule has 1 heterocycles. The quantitative estimate of drug-likeness (QED) is 0.512. The van der Waals surface area contributed by atoms with Gasteiger partial charge in [-0.1, -0.05) is 0 Å². The molecule has 0 spiro atoms. The largest absolute Gasteiger partial charge is 0.290 e. The van der Waals surface area contributed by atoms with Crippen molar-refractivity contribution >= 4 is 0 Å². The highest BCUT2D eigenvalue weighted by Crippen LogP contribution is 2.07. The summed E-state index contributed by atoms with van der Waals surface area (Å²) in [6.07, 6.45) is 1.57. The first-order valence-electron chi connectivity index (χ1n) is 1.98. The highest BCUT2D eigenvalue weighted by atomic mass is 16.3. The van der Waals surface area contributed by atoms with Crippen molar-refractivity contribution in [3.63, 3.8) is 0 Å². The fourth-order valence-electron chi connectivity index (χ4n) is 0.338. The third-order valence-corrected chi connectivity index (χ3v) is 0.784. The number of nitrogens with one attached hydrogen (secondary N) is 1. The van der Waals surface area contributed by atoms with E-state index in [1.807, 2.05) is 0 Å². The van der Waals surface area contributed by atoms with Gasteiger partial charge in [-0.2, -0.15) is 0 Å². The molecule has 0 aliphatic carbocycles. The van der Waals surface area contributed by atoms with Gasteiger partial charge in [0, 0.05) is 11.8 Å². The number of rotatable bonds is 0. The van der Waals surface area contributed by atoms with Crippen LogP contribution < -0.4 is 0 Å². The Hall–Kier alpha value is -0.990. The predicted octanol–water partition coefficient (Wildman–Crippen LogP) is 0.862. The van der Waals surface area contributed by atoms with Crippen LogP contribution in [-0.4, -0.2) is 10.2 Å². The van der Waals surface area contributed by atoms with E-state index in [9.17, 15) is 5.11 Å². The molecule has 0 saturated carbocycles. The maximum atomic E-state index is 10.3. The Labute approximate surface area is 41.0 Å².